The highest BCUT2D eigenvalue weighted by Gasteiger charge is 2.00. The van der Waals surface area contributed by atoms with Gasteiger partial charge in [0.05, 0.1) is 5.69 Å². The Labute approximate surface area is 141 Å². The van der Waals surface area contributed by atoms with Gasteiger partial charge in [0, 0.05) is 16.0 Å². The Hall–Kier alpha value is -2.33. The molecule has 0 atom stereocenters. The van der Waals surface area contributed by atoms with E-state index in [1.54, 1.807) is 6.07 Å². The van der Waals surface area contributed by atoms with Crippen molar-refractivity contribution in [2.75, 3.05) is 17.2 Å². The maximum atomic E-state index is 9.29. The van der Waals surface area contributed by atoms with Crippen molar-refractivity contribution in [2.45, 2.75) is 18.2 Å². The van der Waals surface area contributed by atoms with E-state index in [2.05, 4.69) is 19.1 Å². The van der Waals surface area contributed by atoms with E-state index in [-0.39, 0.29) is 5.75 Å². The van der Waals surface area contributed by atoms with Crippen LogP contribution in [0.1, 0.15) is 13.3 Å². The second-order valence-corrected chi connectivity index (χ2v) is 6.31. The molecule has 3 aromatic rings. The number of rotatable bonds is 3. The molecule has 120 valence electrons. The van der Waals surface area contributed by atoms with Crippen LogP contribution in [-0.4, -0.2) is 10.9 Å². The molecule has 0 aliphatic carbocycles. The van der Waals surface area contributed by atoms with Gasteiger partial charge in [-0.15, -0.1) is 11.8 Å². The number of aromatic hydroxyl groups is 1. The van der Waals surface area contributed by atoms with Crippen molar-refractivity contribution in [3.8, 4) is 5.75 Å². The fourth-order valence-corrected chi connectivity index (χ4v) is 2.84. The summed E-state index contributed by atoms with van der Waals surface area (Å²) in [5, 5.41) is 11.2. The summed E-state index contributed by atoms with van der Waals surface area (Å²) in [4.78, 5) is 1.31. The normalized spacial score (nSPS) is 10.1. The standard InChI is InChI=1S/C10H9NO.C9H13NS/c11-10-8-4-2-1-3-7(8)5-6-9(10)12;1-2-7-11-9-5-3-8(10)4-6-9/h1-6,12H,11H2;3-6H,2,7,10H2,1H3. The second-order valence-electron chi connectivity index (χ2n) is 5.14. The number of hydrogen-bond acceptors (Lipinski definition) is 4. The van der Waals surface area contributed by atoms with Crippen molar-refractivity contribution < 1.29 is 5.11 Å². The lowest BCUT2D eigenvalue weighted by atomic mass is 10.1. The maximum absolute atomic E-state index is 9.29. The molecule has 0 aliphatic rings. The molecule has 0 bridgehead atoms. The van der Waals surface area contributed by atoms with Crippen LogP contribution < -0.4 is 11.5 Å². The molecular formula is C19H22N2OS. The number of nitrogen functional groups attached to an aromatic ring is 2. The first kappa shape index (κ1) is 17.0. The van der Waals surface area contributed by atoms with Gasteiger partial charge >= 0.3 is 0 Å². The van der Waals surface area contributed by atoms with E-state index in [1.165, 1.54) is 17.1 Å². The predicted molar refractivity (Wildman–Crippen MR) is 102 cm³/mol. The molecule has 0 aromatic heterocycles. The average molecular weight is 326 g/mol. The Balaban J connectivity index is 0.000000168. The molecule has 0 unspecified atom stereocenters. The summed E-state index contributed by atoms with van der Waals surface area (Å²) in [6.45, 7) is 2.18. The first-order valence-electron chi connectivity index (χ1n) is 7.56. The third-order valence-corrected chi connectivity index (χ3v) is 4.52. The van der Waals surface area contributed by atoms with E-state index in [1.807, 2.05) is 54.2 Å². The van der Waals surface area contributed by atoms with E-state index < -0.39 is 0 Å². The summed E-state index contributed by atoms with van der Waals surface area (Å²) in [5.74, 6) is 1.33. The molecule has 0 aliphatic heterocycles. The Morgan fingerprint density at radius 3 is 2.30 bits per heavy atom. The number of thioether (sulfide) groups is 1. The number of phenolic OH excluding ortho intramolecular Hbond substituents is 1. The van der Waals surface area contributed by atoms with Crippen molar-refractivity contribution in [1.82, 2.24) is 0 Å². The molecule has 23 heavy (non-hydrogen) atoms. The number of phenols is 1. The lowest BCUT2D eigenvalue weighted by Gasteiger charge is -2.02. The van der Waals surface area contributed by atoms with Gasteiger partial charge < -0.3 is 16.6 Å². The summed E-state index contributed by atoms with van der Waals surface area (Å²) in [5.41, 5.74) is 12.5. The molecular weight excluding hydrogens is 304 g/mol. The molecule has 4 heteroatoms. The minimum Gasteiger partial charge on any atom is -0.506 e. The summed E-state index contributed by atoms with van der Waals surface area (Å²) in [6.07, 6.45) is 1.22. The van der Waals surface area contributed by atoms with E-state index in [9.17, 15) is 5.11 Å². The van der Waals surface area contributed by atoms with Gasteiger partial charge in [0.15, 0.2) is 0 Å². The summed E-state index contributed by atoms with van der Waals surface area (Å²) >= 11 is 1.87. The maximum Gasteiger partial charge on any atom is 0.139 e. The second kappa shape index (κ2) is 8.34. The molecule has 3 aromatic carbocycles. The molecule has 5 N–H and O–H groups in total. The molecule has 0 fully saturated rings. The van der Waals surface area contributed by atoms with Crippen molar-refractivity contribution in [3.05, 3.63) is 60.7 Å². The zero-order valence-electron chi connectivity index (χ0n) is 13.2. The highest BCUT2D eigenvalue weighted by molar-refractivity contribution is 7.99. The lowest BCUT2D eigenvalue weighted by molar-refractivity contribution is 0.478. The van der Waals surface area contributed by atoms with Crippen LogP contribution in [0.2, 0.25) is 0 Å². The number of benzene rings is 3. The number of fused-ring (bicyclic) bond motifs is 1. The van der Waals surface area contributed by atoms with Gasteiger partial charge in [0.25, 0.3) is 0 Å². The molecule has 3 nitrogen and oxygen atoms in total. The summed E-state index contributed by atoms with van der Waals surface area (Å²) in [6, 6.07) is 19.2. The third kappa shape index (κ3) is 4.83. The topological polar surface area (TPSA) is 72.3 Å². The zero-order valence-corrected chi connectivity index (χ0v) is 14.0. The smallest absolute Gasteiger partial charge is 0.139 e. The Kier molecular flexibility index (Phi) is 6.18. The Morgan fingerprint density at radius 1 is 0.913 bits per heavy atom. The SMILES string of the molecule is CCCSc1ccc(N)cc1.Nc1c(O)ccc2ccccc12. The van der Waals surface area contributed by atoms with Gasteiger partial charge in [0.2, 0.25) is 0 Å². The molecule has 0 saturated carbocycles. The first-order chi connectivity index (χ1) is 11.1. The van der Waals surface area contributed by atoms with Crippen LogP contribution >= 0.6 is 11.8 Å². The van der Waals surface area contributed by atoms with Crippen LogP contribution in [0.4, 0.5) is 11.4 Å². The largest absolute Gasteiger partial charge is 0.506 e. The number of anilines is 2. The van der Waals surface area contributed by atoms with Crippen LogP contribution in [0, 0.1) is 0 Å². The minimum atomic E-state index is 0.147. The average Bonchev–Trinajstić information content (AvgIpc) is 2.59. The van der Waals surface area contributed by atoms with Gasteiger partial charge in [-0.3, -0.25) is 0 Å². The quantitative estimate of drug-likeness (QED) is 0.364. The summed E-state index contributed by atoms with van der Waals surface area (Å²) in [7, 11) is 0. The van der Waals surface area contributed by atoms with Crippen LogP contribution in [0.3, 0.4) is 0 Å². The van der Waals surface area contributed by atoms with Gasteiger partial charge in [-0.1, -0.05) is 37.3 Å². The van der Waals surface area contributed by atoms with E-state index in [4.69, 9.17) is 11.5 Å². The Morgan fingerprint density at radius 2 is 1.61 bits per heavy atom. The number of nitrogens with two attached hydrogens (primary N) is 2. The van der Waals surface area contributed by atoms with Crippen LogP contribution in [0.5, 0.6) is 5.75 Å². The fraction of sp³-hybridized carbons (Fsp3) is 0.158. The van der Waals surface area contributed by atoms with Gasteiger partial charge in [-0.05, 0) is 47.9 Å². The van der Waals surface area contributed by atoms with E-state index >= 15 is 0 Å². The van der Waals surface area contributed by atoms with Crippen molar-refractivity contribution >= 4 is 33.9 Å². The molecule has 3 rings (SSSR count). The van der Waals surface area contributed by atoms with Gasteiger partial charge in [-0.25, -0.2) is 0 Å². The fourth-order valence-electron chi connectivity index (χ4n) is 2.07. The lowest BCUT2D eigenvalue weighted by Crippen LogP contribution is -1.86. The molecule has 0 heterocycles. The highest BCUT2D eigenvalue weighted by Crippen LogP contribution is 2.28. The zero-order chi connectivity index (χ0) is 16.7. The van der Waals surface area contributed by atoms with Crippen LogP contribution in [0.15, 0.2) is 65.6 Å². The highest BCUT2D eigenvalue weighted by atomic mass is 32.2. The molecule has 0 radical (unpaired) electrons. The van der Waals surface area contributed by atoms with Crippen LogP contribution in [0.25, 0.3) is 10.8 Å². The predicted octanol–water partition coefficient (Wildman–Crippen LogP) is 4.90. The van der Waals surface area contributed by atoms with E-state index in [0.717, 1.165) is 16.5 Å². The third-order valence-electron chi connectivity index (χ3n) is 3.30. The van der Waals surface area contributed by atoms with E-state index in [0.29, 0.717) is 5.69 Å². The van der Waals surface area contributed by atoms with Crippen molar-refractivity contribution in [2.24, 2.45) is 0 Å². The first-order valence-corrected chi connectivity index (χ1v) is 8.55. The Bertz CT molecular complexity index is 757. The van der Waals surface area contributed by atoms with Crippen molar-refractivity contribution in [3.63, 3.8) is 0 Å². The van der Waals surface area contributed by atoms with Crippen molar-refractivity contribution in [1.29, 1.82) is 0 Å². The van der Waals surface area contributed by atoms with Gasteiger partial charge in [-0.2, -0.15) is 0 Å². The monoisotopic (exact) mass is 326 g/mol. The molecule has 0 saturated heterocycles. The molecule has 0 amide bonds. The number of hydrogen-bond donors (Lipinski definition) is 3. The van der Waals surface area contributed by atoms with Gasteiger partial charge in [0.1, 0.15) is 5.75 Å². The summed E-state index contributed by atoms with van der Waals surface area (Å²) < 4.78 is 0. The molecule has 0 spiro atoms. The van der Waals surface area contributed by atoms with Crippen LogP contribution in [-0.2, 0) is 0 Å². The minimum absolute atomic E-state index is 0.147.